The molecule has 0 unspecified atom stereocenters. The number of aliphatic hydroxyl groups excluding tert-OH is 1. The van der Waals surface area contributed by atoms with Crippen LogP contribution in [0.4, 0.5) is 8.78 Å². The van der Waals surface area contributed by atoms with Gasteiger partial charge in [-0.2, -0.15) is 0 Å². The lowest BCUT2D eigenvalue weighted by Gasteiger charge is -2.09. The van der Waals surface area contributed by atoms with Gasteiger partial charge in [-0.15, -0.1) is 0 Å². The van der Waals surface area contributed by atoms with Crippen molar-refractivity contribution in [3.05, 3.63) is 53.6 Å². The number of methoxy groups -OCH3 is 2. The van der Waals surface area contributed by atoms with E-state index in [1.807, 2.05) is 0 Å². The number of aromatic nitrogens is 1. The van der Waals surface area contributed by atoms with Gasteiger partial charge >= 0.3 is 0 Å². The van der Waals surface area contributed by atoms with Gasteiger partial charge in [-0.05, 0) is 30.3 Å². The lowest BCUT2D eigenvalue weighted by atomic mass is 10.0. The first kappa shape index (κ1) is 16.9. The molecule has 0 aliphatic rings. The maximum atomic E-state index is 14.0. The summed E-state index contributed by atoms with van der Waals surface area (Å²) in [4.78, 5) is 0. The van der Waals surface area contributed by atoms with Crippen LogP contribution in [0.5, 0.6) is 11.5 Å². The Hall–Kier alpha value is -2.93. The Morgan fingerprint density at radius 3 is 2.44 bits per heavy atom. The van der Waals surface area contributed by atoms with Crippen molar-refractivity contribution in [3.8, 4) is 34.1 Å². The first-order chi connectivity index (χ1) is 12.1. The number of rotatable bonds is 5. The van der Waals surface area contributed by atoms with Crippen LogP contribution in [-0.4, -0.2) is 24.5 Å². The summed E-state index contributed by atoms with van der Waals surface area (Å²) in [5, 5.41) is 13.6. The molecule has 0 aliphatic carbocycles. The van der Waals surface area contributed by atoms with E-state index in [2.05, 4.69) is 5.16 Å². The molecular weight excluding hydrogens is 332 g/mol. The molecule has 130 valence electrons. The van der Waals surface area contributed by atoms with Crippen molar-refractivity contribution in [2.75, 3.05) is 14.2 Å². The Labute approximate surface area is 142 Å². The predicted molar refractivity (Wildman–Crippen MR) is 86.3 cm³/mol. The standard InChI is InChI=1S/C18H15F2NO4/c1-23-15-6-3-10(7-16(15)24-2)18-13(9-22)17(21-25-18)12-5-4-11(19)8-14(12)20/h3-8,22H,9H2,1-2H3. The van der Waals surface area contributed by atoms with Gasteiger partial charge in [-0.1, -0.05) is 5.16 Å². The van der Waals surface area contributed by atoms with Gasteiger partial charge in [0.05, 0.1) is 26.4 Å². The molecule has 0 atom stereocenters. The highest BCUT2D eigenvalue weighted by molar-refractivity contribution is 5.74. The van der Waals surface area contributed by atoms with E-state index in [1.54, 1.807) is 18.2 Å². The summed E-state index contributed by atoms with van der Waals surface area (Å²) in [6.45, 7) is -0.431. The lowest BCUT2D eigenvalue weighted by molar-refractivity contribution is 0.281. The molecule has 0 fully saturated rings. The van der Waals surface area contributed by atoms with Crippen molar-refractivity contribution in [2.45, 2.75) is 6.61 Å². The monoisotopic (exact) mass is 347 g/mol. The highest BCUT2D eigenvalue weighted by Crippen LogP contribution is 2.37. The van der Waals surface area contributed by atoms with Crippen LogP contribution in [0.3, 0.4) is 0 Å². The maximum Gasteiger partial charge on any atom is 0.173 e. The van der Waals surface area contributed by atoms with Gasteiger partial charge in [0.2, 0.25) is 0 Å². The highest BCUT2D eigenvalue weighted by atomic mass is 19.1. The molecule has 3 aromatic rings. The number of aliphatic hydroxyl groups is 1. The van der Waals surface area contributed by atoms with Crippen molar-refractivity contribution >= 4 is 0 Å². The zero-order valence-electron chi connectivity index (χ0n) is 13.5. The number of hydrogen-bond donors (Lipinski definition) is 1. The molecule has 7 heteroatoms. The van der Waals surface area contributed by atoms with Crippen molar-refractivity contribution in [1.82, 2.24) is 5.16 Å². The summed E-state index contributed by atoms with van der Waals surface area (Å²) < 4.78 is 42.9. The number of hydrogen-bond acceptors (Lipinski definition) is 5. The molecular formula is C18H15F2NO4. The van der Waals surface area contributed by atoms with Crippen LogP contribution in [0, 0.1) is 11.6 Å². The smallest absolute Gasteiger partial charge is 0.173 e. The minimum absolute atomic E-state index is 0.0425. The van der Waals surface area contributed by atoms with E-state index in [9.17, 15) is 13.9 Å². The van der Waals surface area contributed by atoms with Gasteiger partial charge in [0.15, 0.2) is 17.3 Å². The molecule has 1 heterocycles. The summed E-state index contributed by atoms with van der Waals surface area (Å²) in [7, 11) is 3.01. The molecule has 5 nitrogen and oxygen atoms in total. The van der Waals surface area contributed by atoms with Crippen LogP contribution in [-0.2, 0) is 6.61 Å². The van der Waals surface area contributed by atoms with Gasteiger partial charge in [0.25, 0.3) is 0 Å². The summed E-state index contributed by atoms with van der Waals surface area (Å²) in [6.07, 6.45) is 0. The largest absolute Gasteiger partial charge is 0.493 e. The molecule has 0 radical (unpaired) electrons. The zero-order valence-corrected chi connectivity index (χ0v) is 13.5. The first-order valence-electron chi connectivity index (χ1n) is 7.36. The molecule has 0 amide bonds. The Morgan fingerprint density at radius 1 is 1.04 bits per heavy atom. The quantitative estimate of drug-likeness (QED) is 0.761. The SMILES string of the molecule is COc1ccc(-c2onc(-c3ccc(F)cc3F)c2CO)cc1OC. The predicted octanol–water partition coefficient (Wildman–Crippen LogP) is 3.80. The fourth-order valence-corrected chi connectivity index (χ4v) is 2.55. The average molecular weight is 347 g/mol. The number of ether oxygens (including phenoxy) is 2. The minimum Gasteiger partial charge on any atom is -0.493 e. The second-order valence-electron chi connectivity index (χ2n) is 5.19. The Bertz CT molecular complexity index is 908. The van der Waals surface area contributed by atoms with Crippen LogP contribution in [0.25, 0.3) is 22.6 Å². The van der Waals surface area contributed by atoms with Crippen molar-refractivity contribution in [1.29, 1.82) is 0 Å². The third-order valence-corrected chi connectivity index (χ3v) is 3.78. The minimum atomic E-state index is -0.790. The van der Waals surface area contributed by atoms with Gasteiger partial charge in [-0.3, -0.25) is 0 Å². The fourth-order valence-electron chi connectivity index (χ4n) is 2.55. The molecule has 1 N–H and O–H groups in total. The van der Waals surface area contributed by atoms with E-state index in [1.165, 1.54) is 20.3 Å². The molecule has 3 rings (SSSR count). The topological polar surface area (TPSA) is 64.7 Å². The second-order valence-corrected chi connectivity index (χ2v) is 5.19. The zero-order chi connectivity index (χ0) is 18.0. The first-order valence-corrected chi connectivity index (χ1v) is 7.36. The summed E-state index contributed by atoms with van der Waals surface area (Å²) in [5.41, 5.74) is 1.02. The molecule has 0 saturated heterocycles. The average Bonchev–Trinajstić information content (AvgIpc) is 3.04. The van der Waals surface area contributed by atoms with Crippen LogP contribution >= 0.6 is 0 Å². The van der Waals surface area contributed by atoms with Gasteiger partial charge < -0.3 is 19.1 Å². The maximum absolute atomic E-state index is 14.0. The number of halogens is 2. The van der Waals surface area contributed by atoms with E-state index in [0.717, 1.165) is 12.1 Å². The van der Waals surface area contributed by atoms with Crippen LogP contribution in [0.2, 0.25) is 0 Å². The van der Waals surface area contributed by atoms with E-state index in [4.69, 9.17) is 14.0 Å². The van der Waals surface area contributed by atoms with Crippen LogP contribution < -0.4 is 9.47 Å². The van der Waals surface area contributed by atoms with Gasteiger partial charge in [0, 0.05) is 17.2 Å². The Morgan fingerprint density at radius 2 is 1.80 bits per heavy atom. The third kappa shape index (κ3) is 3.06. The molecule has 0 aliphatic heterocycles. The molecule has 0 saturated carbocycles. The Kier molecular flexibility index (Phi) is 4.67. The Balaban J connectivity index is 2.12. The van der Waals surface area contributed by atoms with E-state index < -0.39 is 18.2 Å². The molecule has 25 heavy (non-hydrogen) atoms. The van der Waals surface area contributed by atoms with E-state index in [0.29, 0.717) is 17.1 Å². The van der Waals surface area contributed by atoms with E-state index >= 15 is 0 Å². The van der Waals surface area contributed by atoms with E-state index in [-0.39, 0.29) is 22.6 Å². The van der Waals surface area contributed by atoms with Crippen molar-refractivity contribution < 1.29 is 27.9 Å². The second kappa shape index (κ2) is 6.90. The van der Waals surface area contributed by atoms with Gasteiger partial charge in [0.1, 0.15) is 17.3 Å². The molecule has 2 aromatic carbocycles. The highest BCUT2D eigenvalue weighted by Gasteiger charge is 2.22. The normalized spacial score (nSPS) is 10.8. The molecule has 1 aromatic heterocycles. The summed E-state index contributed by atoms with van der Waals surface area (Å²) in [6, 6.07) is 8.15. The van der Waals surface area contributed by atoms with Crippen LogP contribution in [0.15, 0.2) is 40.9 Å². The summed E-state index contributed by atoms with van der Waals surface area (Å²) >= 11 is 0. The number of nitrogens with zero attached hydrogens (tertiary/aromatic N) is 1. The summed E-state index contributed by atoms with van der Waals surface area (Å²) in [5.74, 6) is -0.227. The molecule has 0 spiro atoms. The number of benzene rings is 2. The van der Waals surface area contributed by atoms with Crippen molar-refractivity contribution in [3.63, 3.8) is 0 Å². The van der Waals surface area contributed by atoms with Crippen LogP contribution in [0.1, 0.15) is 5.56 Å². The lowest BCUT2D eigenvalue weighted by Crippen LogP contribution is -1.94. The van der Waals surface area contributed by atoms with Gasteiger partial charge in [-0.25, -0.2) is 8.78 Å². The molecule has 0 bridgehead atoms. The third-order valence-electron chi connectivity index (χ3n) is 3.78. The van der Waals surface area contributed by atoms with Crippen molar-refractivity contribution in [2.24, 2.45) is 0 Å². The fraction of sp³-hybridized carbons (Fsp3) is 0.167.